The summed E-state index contributed by atoms with van der Waals surface area (Å²) in [7, 11) is 0. The van der Waals surface area contributed by atoms with E-state index < -0.39 is 0 Å². The average molecular weight is 442 g/mol. The first-order valence-electron chi connectivity index (χ1n) is 4.23. The molecule has 0 heterocycles. The molecule has 0 bridgehead atoms. The molecule has 0 amide bonds. The standard InChI is InChI=1S/C6H6N.C5H5.6CH3.2ClH.H2Si.Zr/c7-6-4-2-1-3-5-6;1-2-4-5-3-1;;;;;;;;;;/h1-5,7H;1-3H,4H2;6*1H3;2*1H;1H2;/q8*-1;;;;. The summed E-state index contributed by atoms with van der Waals surface area (Å²) >= 11 is 1.58. The number of halogens is 2. The van der Waals surface area contributed by atoms with E-state index in [1.165, 1.54) is 0 Å². The predicted molar refractivity (Wildman–Crippen MR) is 114 cm³/mol. The van der Waals surface area contributed by atoms with Gasteiger partial charge in [-0.15, -0.1) is 36.9 Å². The summed E-state index contributed by atoms with van der Waals surface area (Å²) in [4.78, 5) is 0. The molecular weight excluding hydrogens is 408 g/mol. The Bertz CT molecular complexity index is 284. The molecule has 0 atom stereocenters. The zero-order chi connectivity index (χ0) is 10.6. The fourth-order valence-electron chi connectivity index (χ4n) is 0.778. The molecule has 5 heteroatoms. The Hall–Kier alpha value is 0.180. The van der Waals surface area contributed by atoms with E-state index in [1.807, 2.05) is 37.2 Å². The summed E-state index contributed by atoms with van der Waals surface area (Å²) in [5.74, 6) is 0. The van der Waals surface area contributed by atoms with E-state index >= 15 is 0 Å². The van der Waals surface area contributed by atoms with E-state index in [1.54, 1.807) is 35.5 Å². The molecule has 0 aliphatic heterocycles. The van der Waals surface area contributed by atoms with Crippen LogP contribution in [0.2, 0.25) is 0 Å². The Morgan fingerprint density at radius 2 is 1.27 bits per heavy atom. The molecular formula is C17H33Cl2NSiZr-8. The minimum atomic E-state index is 0. The van der Waals surface area contributed by atoms with Crippen molar-refractivity contribution in [2.75, 3.05) is 0 Å². The second kappa shape index (κ2) is 49.7. The van der Waals surface area contributed by atoms with Crippen molar-refractivity contribution in [3.05, 3.63) is 105 Å². The van der Waals surface area contributed by atoms with Crippen molar-refractivity contribution in [3.63, 3.8) is 0 Å². The van der Waals surface area contributed by atoms with Crippen LogP contribution in [0.3, 0.4) is 0 Å². The third kappa shape index (κ3) is 42.7. The van der Waals surface area contributed by atoms with Crippen molar-refractivity contribution >= 4 is 37.4 Å². The van der Waals surface area contributed by atoms with Gasteiger partial charge in [0.1, 0.15) is 0 Å². The van der Waals surface area contributed by atoms with Crippen molar-refractivity contribution < 1.29 is 23.3 Å². The van der Waals surface area contributed by atoms with Crippen molar-refractivity contribution in [1.82, 2.24) is 0 Å². The summed E-state index contributed by atoms with van der Waals surface area (Å²) in [5, 5.41) is 0. The third-order valence-corrected chi connectivity index (χ3v) is 1.36. The number of rotatable bonds is 0. The van der Waals surface area contributed by atoms with Gasteiger partial charge in [-0.3, -0.25) is 6.08 Å². The van der Waals surface area contributed by atoms with Gasteiger partial charge in [0.15, 0.2) is 0 Å². The van der Waals surface area contributed by atoms with Gasteiger partial charge in [-0.1, -0.05) is 30.3 Å². The maximum absolute atomic E-state index is 7.00. The minimum absolute atomic E-state index is 0. The van der Waals surface area contributed by atoms with Crippen LogP contribution >= 0.6 is 24.8 Å². The number of nitrogens with one attached hydrogen (secondary N) is 1. The molecule has 1 N–H and O–H groups in total. The molecule has 1 aromatic carbocycles. The summed E-state index contributed by atoms with van der Waals surface area (Å²) in [6, 6.07) is 9.10. The van der Waals surface area contributed by atoms with Crippen LogP contribution in [-0.2, 0) is 23.3 Å². The van der Waals surface area contributed by atoms with Gasteiger partial charge in [-0.05, 0) is 0 Å². The number of hydrogen-bond donors (Lipinski definition) is 0. The van der Waals surface area contributed by atoms with Crippen molar-refractivity contribution in [2.24, 2.45) is 0 Å². The quantitative estimate of drug-likeness (QED) is 0.333. The molecule has 2 rings (SSSR count). The van der Waals surface area contributed by atoms with Gasteiger partial charge in [0.25, 0.3) is 0 Å². The number of benzene rings is 1. The van der Waals surface area contributed by atoms with Crippen LogP contribution in [0.15, 0.2) is 48.6 Å². The van der Waals surface area contributed by atoms with Crippen LogP contribution < -0.4 is 0 Å². The fourth-order valence-corrected chi connectivity index (χ4v) is 0.778. The Balaban J connectivity index is -0.0000000151. The van der Waals surface area contributed by atoms with Gasteiger partial charge in [0, 0.05) is 0 Å². The molecule has 0 saturated carbocycles. The summed E-state index contributed by atoms with van der Waals surface area (Å²) in [6.07, 6.45) is 10.0. The predicted octanol–water partition coefficient (Wildman–Crippen LogP) is 6.30. The summed E-state index contributed by atoms with van der Waals surface area (Å²) in [5.41, 5.74) is 7.57. The molecule has 22 heavy (non-hydrogen) atoms. The first-order valence-corrected chi connectivity index (χ1v) is 10.2. The van der Waals surface area contributed by atoms with E-state index in [9.17, 15) is 0 Å². The van der Waals surface area contributed by atoms with E-state index in [0.29, 0.717) is 5.69 Å². The number of allylic oxidation sites excluding steroid dienone is 4. The average Bonchev–Trinajstić information content (AvgIpc) is 2.80. The van der Waals surface area contributed by atoms with E-state index in [2.05, 4.69) is 12.2 Å². The maximum atomic E-state index is 7.00. The van der Waals surface area contributed by atoms with Crippen LogP contribution in [-0.4, -0.2) is 6.88 Å². The molecule has 0 aromatic heterocycles. The van der Waals surface area contributed by atoms with Crippen LogP contribution in [0.4, 0.5) is 5.69 Å². The third-order valence-electron chi connectivity index (χ3n) is 1.36. The Kier molecular flexibility index (Phi) is 129. The van der Waals surface area contributed by atoms with Gasteiger partial charge in [-0.2, -0.15) is 6.08 Å². The molecule has 0 fully saturated rings. The van der Waals surface area contributed by atoms with Gasteiger partial charge in [0.05, 0.1) is 0 Å². The van der Waals surface area contributed by atoms with Crippen LogP contribution in [0.5, 0.6) is 0 Å². The fraction of sp³-hybridized carbons (Fsp3) is 0.0588. The topological polar surface area (TPSA) is 23.8 Å². The first kappa shape index (κ1) is 57.3. The molecule has 1 nitrogen and oxygen atoms in total. The molecule has 0 saturated heterocycles. The van der Waals surface area contributed by atoms with E-state index in [4.69, 9.17) is 5.73 Å². The SMILES string of the molecule is Cl.Cl.[C-]1=CC=CC1.[CH3-].[CH3-].[CH3-].[CH3-].[CH3-].[CH3-].[NH-]c1ccccc1.[SiH2]=[Zr]. The van der Waals surface area contributed by atoms with Gasteiger partial charge in [0.2, 0.25) is 0 Å². The van der Waals surface area contributed by atoms with Crippen molar-refractivity contribution in [1.29, 1.82) is 0 Å². The molecule has 1 aliphatic carbocycles. The van der Waals surface area contributed by atoms with Crippen LogP contribution in [0, 0.1) is 50.6 Å². The second-order valence-electron chi connectivity index (χ2n) is 2.37. The van der Waals surface area contributed by atoms with Crippen LogP contribution in [0.25, 0.3) is 5.73 Å². The molecule has 0 spiro atoms. The van der Waals surface area contributed by atoms with Crippen molar-refractivity contribution in [2.45, 2.75) is 6.42 Å². The summed E-state index contributed by atoms with van der Waals surface area (Å²) < 4.78 is 0. The van der Waals surface area contributed by atoms with Crippen LogP contribution in [0.1, 0.15) is 6.42 Å². The Morgan fingerprint density at radius 3 is 1.41 bits per heavy atom. The Labute approximate surface area is 171 Å². The Morgan fingerprint density at radius 1 is 0.864 bits per heavy atom. The van der Waals surface area contributed by atoms with Gasteiger partial charge < -0.3 is 50.3 Å². The molecule has 0 unspecified atom stereocenters. The first-order chi connectivity index (χ1) is 6.89. The molecule has 1 aliphatic rings. The zero-order valence-corrected chi connectivity index (χ0v) is 20.4. The van der Waals surface area contributed by atoms with Gasteiger partial charge in [-0.25, -0.2) is 12.2 Å². The van der Waals surface area contributed by atoms with E-state index in [-0.39, 0.29) is 69.4 Å². The van der Waals surface area contributed by atoms with Crippen molar-refractivity contribution in [3.8, 4) is 0 Å². The second-order valence-corrected chi connectivity index (χ2v) is 2.37. The molecule has 1 aromatic rings. The van der Waals surface area contributed by atoms with E-state index in [0.717, 1.165) is 6.42 Å². The molecule has 136 valence electrons. The monoisotopic (exact) mass is 439 g/mol. The number of hydrogen-bond acceptors (Lipinski definition) is 0. The normalized spacial score (nSPS) is 6.86. The van der Waals surface area contributed by atoms with Gasteiger partial charge >= 0.3 is 30.2 Å². The zero-order valence-electron chi connectivity index (χ0n) is 14.8. The summed E-state index contributed by atoms with van der Waals surface area (Å²) in [6.45, 7) is 1.95. The molecule has 0 radical (unpaired) electrons.